The molecule has 13 heavy (non-hydrogen) atoms. The number of hydrogen-bond donors (Lipinski definition) is 2. The van der Waals surface area contributed by atoms with Crippen LogP contribution >= 0.6 is 0 Å². The van der Waals surface area contributed by atoms with Gasteiger partial charge in [-0.25, -0.2) is 4.98 Å². The van der Waals surface area contributed by atoms with Crippen molar-refractivity contribution in [3.63, 3.8) is 0 Å². The number of aryl methyl sites for hydroxylation is 1. The summed E-state index contributed by atoms with van der Waals surface area (Å²) in [5.41, 5.74) is 5.19. The van der Waals surface area contributed by atoms with E-state index in [0.717, 1.165) is 0 Å². The summed E-state index contributed by atoms with van der Waals surface area (Å²) in [6, 6.07) is 0. The molecule has 0 bridgehead atoms. The van der Waals surface area contributed by atoms with Crippen LogP contribution in [0.25, 0.3) is 0 Å². The minimum Gasteiger partial charge on any atom is -0.324 e. The Morgan fingerprint density at radius 3 is 2.54 bits per heavy atom. The van der Waals surface area contributed by atoms with Crippen LogP contribution in [0.5, 0.6) is 0 Å². The summed E-state index contributed by atoms with van der Waals surface area (Å²) in [6.07, 6.45) is -5.28. The third kappa shape index (κ3) is 3.41. The molecule has 0 aromatic carbocycles. The van der Waals surface area contributed by atoms with Crippen LogP contribution < -0.4 is 5.73 Å². The number of rotatable bonds is 3. The number of nitrogens with one attached hydrogen (secondary N) is 1. The standard InChI is InChI=1S/C6H9F3N4/c7-6(8,9)2-1-4-11-5(3-10)13-12-4/h1-3,10H2,(H,11,12,13). The molecule has 74 valence electrons. The smallest absolute Gasteiger partial charge is 0.324 e. The van der Waals surface area contributed by atoms with Crippen molar-refractivity contribution in [1.82, 2.24) is 15.2 Å². The molecule has 0 radical (unpaired) electrons. The fraction of sp³-hybridized carbons (Fsp3) is 0.667. The molecule has 0 saturated heterocycles. The van der Waals surface area contributed by atoms with Crippen LogP contribution in [0.4, 0.5) is 13.2 Å². The Bertz CT molecular complexity index is 267. The molecule has 0 spiro atoms. The summed E-state index contributed by atoms with van der Waals surface area (Å²) < 4.78 is 35.2. The summed E-state index contributed by atoms with van der Waals surface area (Å²) in [6.45, 7) is 0.152. The van der Waals surface area contributed by atoms with E-state index in [1.807, 2.05) is 0 Å². The maximum atomic E-state index is 11.7. The molecule has 1 aromatic heterocycles. The van der Waals surface area contributed by atoms with Gasteiger partial charge in [0.2, 0.25) is 0 Å². The molecular formula is C6H9F3N4. The molecule has 0 aliphatic carbocycles. The Morgan fingerprint density at radius 1 is 1.38 bits per heavy atom. The second kappa shape index (κ2) is 3.73. The van der Waals surface area contributed by atoms with E-state index in [1.54, 1.807) is 0 Å². The van der Waals surface area contributed by atoms with Crippen LogP contribution in [0, 0.1) is 0 Å². The number of H-pyrrole nitrogens is 1. The molecule has 0 aliphatic rings. The summed E-state index contributed by atoms with van der Waals surface area (Å²) in [4.78, 5) is 3.74. The Morgan fingerprint density at radius 2 is 2.08 bits per heavy atom. The number of alkyl halides is 3. The van der Waals surface area contributed by atoms with Crippen molar-refractivity contribution in [3.8, 4) is 0 Å². The van der Waals surface area contributed by atoms with E-state index in [-0.39, 0.29) is 18.8 Å². The van der Waals surface area contributed by atoms with Gasteiger partial charge in [0.25, 0.3) is 0 Å². The van der Waals surface area contributed by atoms with Gasteiger partial charge in [-0.2, -0.15) is 18.3 Å². The van der Waals surface area contributed by atoms with Gasteiger partial charge in [-0.1, -0.05) is 0 Å². The first-order valence-electron chi connectivity index (χ1n) is 3.68. The van der Waals surface area contributed by atoms with Crippen molar-refractivity contribution in [2.24, 2.45) is 5.73 Å². The molecule has 0 aliphatic heterocycles. The monoisotopic (exact) mass is 194 g/mol. The van der Waals surface area contributed by atoms with Crippen molar-refractivity contribution >= 4 is 0 Å². The lowest BCUT2D eigenvalue weighted by Gasteiger charge is -2.02. The molecular weight excluding hydrogens is 185 g/mol. The average molecular weight is 194 g/mol. The van der Waals surface area contributed by atoms with E-state index in [4.69, 9.17) is 5.73 Å². The highest BCUT2D eigenvalue weighted by molar-refractivity contribution is 4.89. The minimum absolute atomic E-state index is 0.151. The number of halogens is 3. The van der Waals surface area contributed by atoms with E-state index in [0.29, 0.717) is 5.82 Å². The molecule has 0 fully saturated rings. The van der Waals surface area contributed by atoms with Gasteiger partial charge in [-0.15, -0.1) is 0 Å². The van der Waals surface area contributed by atoms with E-state index < -0.39 is 12.6 Å². The van der Waals surface area contributed by atoms with Gasteiger partial charge >= 0.3 is 6.18 Å². The van der Waals surface area contributed by atoms with E-state index >= 15 is 0 Å². The average Bonchev–Trinajstić information content (AvgIpc) is 2.47. The maximum Gasteiger partial charge on any atom is 0.389 e. The Balaban J connectivity index is 2.46. The van der Waals surface area contributed by atoms with E-state index in [1.165, 1.54) is 0 Å². The highest BCUT2D eigenvalue weighted by Crippen LogP contribution is 2.20. The van der Waals surface area contributed by atoms with Crippen LogP contribution in [0.2, 0.25) is 0 Å². The number of hydrogen-bond acceptors (Lipinski definition) is 3. The van der Waals surface area contributed by atoms with Crippen LogP contribution in [0.3, 0.4) is 0 Å². The van der Waals surface area contributed by atoms with E-state index in [2.05, 4.69) is 15.2 Å². The quantitative estimate of drug-likeness (QED) is 0.746. The molecule has 7 heteroatoms. The van der Waals surface area contributed by atoms with Crippen LogP contribution in [0.15, 0.2) is 0 Å². The van der Waals surface area contributed by atoms with Crippen LogP contribution in [0.1, 0.15) is 18.1 Å². The lowest BCUT2D eigenvalue weighted by Crippen LogP contribution is -2.09. The van der Waals surface area contributed by atoms with Crippen molar-refractivity contribution in [1.29, 1.82) is 0 Å². The number of aromatic amines is 1. The fourth-order valence-corrected chi connectivity index (χ4v) is 0.791. The lowest BCUT2D eigenvalue weighted by atomic mass is 10.3. The van der Waals surface area contributed by atoms with Gasteiger partial charge in [0.15, 0.2) is 5.82 Å². The SMILES string of the molecule is NCc1nc(CCC(F)(F)F)n[nH]1. The first kappa shape index (κ1) is 9.97. The van der Waals surface area contributed by atoms with Gasteiger partial charge in [0, 0.05) is 6.42 Å². The molecule has 0 atom stereocenters. The fourth-order valence-electron chi connectivity index (χ4n) is 0.791. The third-order valence-corrected chi connectivity index (χ3v) is 1.40. The topological polar surface area (TPSA) is 67.6 Å². The molecule has 0 amide bonds. The maximum absolute atomic E-state index is 11.7. The normalized spacial score (nSPS) is 12.0. The third-order valence-electron chi connectivity index (χ3n) is 1.40. The zero-order valence-corrected chi connectivity index (χ0v) is 6.73. The Hall–Kier alpha value is -1.11. The zero-order valence-electron chi connectivity index (χ0n) is 6.73. The predicted molar refractivity (Wildman–Crippen MR) is 38.7 cm³/mol. The number of nitrogens with zero attached hydrogens (tertiary/aromatic N) is 2. The zero-order chi connectivity index (χ0) is 9.90. The molecule has 4 nitrogen and oxygen atoms in total. The van der Waals surface area contributed by atoms with Crippen molar-refractivity contribution in [2.45, 2.75) is 25.6 Å². The molecule has 1 rings (SSSR count). The molecule has 1 heterocycles. The van der Waals surface area contributed by atoms with Crippen molar-refractivity contribution < 1.29 is 13.2 Å². The predicted octanol–water partition coefficient (Wildman–Crippen LogP) is 0.758. The highest BCUT2D eigenvalue weighted by Gasteiger charge is 2.27. The summed E-state index contributed by atoms with van der Waals surface area (Å²) in [5.74, 6) is 0.551. The minimum atomic E-state index is -4.16. The van der Waals surface area contributed by atoms with Crippen LogP contribution in [-0.4, -0.2) is 21.4 Å². The van der Waals surface area contributed by atoms with Crippen molar-refractivity contribution in [3.05, 3.63) is 11.6 Å². The van der Waals surface area contributed by atoms with Gasteiger partial charge in [0.05, 0.1) is 13.0 Å². The number of aromatic nitrogens is 3. The first-order valence-corrected chi connectivity index (χ1v) is 3.68. The molecule has 0 unspecified atom stereocenters. The summed E-state index contributed by atoms with van der Waals surface area (Å²) >= 11 is 0. The summed E-state index contributed by atoms with van der Waals surface area (Å²) in [5, 5.41) is 6.01. The highest BCUT2D eigenvalue weighted by atomic mass is 19.4. The molecule has 0 saturated carbocycles. The second-order valence-corrected chi connectivity index (χ2v) is 2.52. The van der Waals surface area contributed by atoms with Gasteiger partial charge in [0.1, 0.15) is 5.82 Å². The lowest BCUT2D eigenvalue weighted by molar-refractivity contribution is -0.134. The van der Waals surface area contributed by atoms with Gasteiger partial charge in [-0.3, -0.25) is 5.10 Å². The van der Waals surface area contributed by atoms with Crippen molar-refractivity contribution in [2.75, 3.05) is 0 Å². The Kier molecular flexibility index (Phi) is 2.86. The second-order valence-electron chi connectivity index (χ2n) is 2.52. The van der Waals surface area contributed by atoms with E-state index in [9.17, 15) is 13.2 Å². The summed E-state index contributed by atoms with van der Waals surface area (Å²) in [7, 11) is 0. The Labute approximate surface area is 72.3 Å². The largest absolute Gasteiger partial charge is 0.389 e. The number of nitrogens with two attached hydrogens (primary N) is 1. The van der Waals surface area contributed by atoms with Gasteiger partial charge < -0.3 is 5.73 Å². The van der Waals surface area contributed by atoms with Gasteiger partial charge in [-0.05, 0) is 0 Å². The first-order chi connectivity index (χ1) is 6.01. The molecule has 3 N–H and O–H groups in total. The van der Waals surface area contributed by atoms with Crippen LogP contribution in [-0.2, 0) is 13.0 Å². The molecule has 1 aromatic rings.